The fraction of sp³-hybridized carbons (Fsp3) is 0.529. The number of nitrogens with one attached hydrogen (secondary N) is 2. The van der Waals surface area contributed by atoms with Gasteiger partial charge in [-0.2, -0.15) is 4.31 Å². The molecule has 0 aromatic heterocycles. The summed E-state index contributed by atoms with van der Waals surface area (Å²) in [6.45, 7) is 3.77. The number of carbonyl (C=O) groups is 2. The van der Waals surface area contributed by atoms with Gasteiger partial charge in [-0.25, -0.2) is 8.42 Å². The molecule has 0 bridgehead atoms. The average Bonchev–Trinajstić information content (AvgIpc) is 3.08. The van der Waals surface area contributed by atoms with Crippen molar-refractivity contribution in [2.75, 3.05) is 26.2 Å². The lowest BCUT2D eigenvalue weighted by atomic mass is 10.2. The highest BCUT2D eigenvalue weighted by Gasteiger charge is 2.36. The highest BCUT2D eigenvalue weighted by Crippen LogP contribution is 2.28. The largest absolute Gasteiger partial charge is 0.395 e. The van der Waals surface area contributed by atoms with Crippen LogP contribution in [0.3, 0.4) is 0 Å². The van der Waals surface area contributed by atoms with Crippen molar-refractivity contribution in [3.05, 3.63) is 29.3 Å². The molecule has 1 aliphatic rings. The SMILES string of the molecule is Cc1ccc(C)c(S(=O)(=O)N2CCC[C@@H]2CNC(=O)C(=O)NCCO)c1. The summed E-state index contributed by atoms with van der Waals surface area (Å²) in [5.74, 6) is -1.68. The molecule has 1 aromatic carbocycles. The third-order valence-electron chi connectivity index (χ3n) is 4.36. The van der Waals surface area contributed by atoms with Crippen LogP contribution < -0.4 is 10.6 Å². The topological polar surface area (TPSA) is 116 Å². The maximum absolute atomic E-state index is 13.0. The average molecular weight is 383 g/mol. The molecule has 0 saturated carbocycles. The molecule has 2 amide bonds. The van der Waals surface area contributed by atoms with Gasteiger partial charge in [-0.05, 0) is 43.9 Å². The van der Waals surface area contributed by atoms with Crippen molar-refractivity contribution in [1.82, 2.24) is 14.9 Å². The van der Waals surface area contributed by atoms with Gasteiger partial charge < -0.3 is 15.7 Å². The lowest BCUT2D eigenvalue weighted by Gasteiger charge is -2.25. The fourth-order valence-corrected chi connectivity index (χ4v) is 4.99. The van der Waals surface area contributed by atoms with Gasteiger partial charge in [-0.1, -0.05) is 12.1 Å². The van der Waals surface area contributed by atoms with Crippen LogP contribution in [-0.2, 0) is 19.6 Å². The minimum Gasteiger partial charge on any atom is -0.395 e. The van der Waals surface area contributed by atoms with E-state index < -0.39 is 27.9 Å². The van der Waals surface area contributed by atoms with Gasteiger partial charge in [0.05, 0.1) is 11.5 Å². The molecular weight excluding hydrogens is 358 g/mol. The first-order chi connectivity index (χ1) is 12.3. The summed E-state index contributed by atoms with van der Waals surface area (Å²) in [5.41, 5.74) is 1.53. The second kappa shape index (κ2) is 8.61. The smallest absolute Gasteiger partial charge is 0.309 e. The van der Waals surface area contributed by atoms with Crippen LogP contribution in [-0.4, -0.2) is 61.9 Å². The Morgan fingerprint density at radius 3 is 2.62 bits per heavy atom. The van der Waals surface area contributed by atoms with Crippen LogP contribution in [0.4, 0.5) is 0 Å². The summed E-state index contributed by atoms with van der Waals surface area (Å²) in [7, 11) is -3.67. The maximum Gasteiger partial charge on any atom is 0.309 e. The molecule has 3 N–H and O–H groups in total. The number of carbonyl (C=O) groups excluding carboxylic acids is 2. The highest BCUT2D eigenvalue weighted by atomic mass is 32.2. The van der Waals surface area contributed by atoms with Crippen molar-refractivity contribution >= 4 is 21.8 Å². The van der Waals surface area contributed by atoms with Crippen molar-refractivity contribution in [2.45, 2.75) is 37.6 Å². The molecule has 1 atom stereocenters. The highest BCUT2D eigenvalue weighted by molar-refractivity contribution is 7.89. The van der Waals surface area contributed by atoms with Gasteiger partial charge in [-0.15, -0.1) is 0 Å². The van der Waals surface area contributed by atoms with Crippen molar-refractivity contribution in [1.29, 1.82) is 0 Å². The zero-order valence-corrected chi connectivity index (χ0v) is 15.8. The molecule has 8 nitrogen and oxygen atoms in total. The monoisotopic (exact) mass is 383 g/mol. The number of hydrogen-bond donors (Lipinski definition) is 3. The summed E-state index contributed by atoms with van der Waals surface area (Å²) in [6, 6.07) is 4.90. The molecule has 1 fully saturated rings. The Balaban J connectivity index is 2.08. The summed E-state index contributed by atoms with van der Waals surface area (Å²) < 4.78 is 27.5. The quantitative estimate of drug-likeness (QED) is 0.583. The minimum absolute atomic E-state index is 0.0111. The van der Waals surface area contributed by atoms with Crippen LogP contribution in [0, 0.1) is 13.8 Å². The molecule has 0 unspecified atom stereocenters. The fourth-order valence-electron chi connectivity index (χ4n) is 2.98. The Labute approximate surface area is 153 Å². The lowest BCUT2D eigenvalue weighted by Crippen LogP contribution is -2.47. The number of nitrogens with zero attached hydrogens (tertiary/aromatic N) is 1. The number of aliphatic hydroxyl groups excluding tert-OH is 1. The molecule has 9 heteroatoms. The third-order valence-corrected chi connectivity index (χ3v) is 6.45. The standard InChI is InChI=1S/C17H25N3O5S/c1-12-5-6-13(2)15(10-12)26(24,25)20-8-3-4-14(20)11-19-17(23)16(22)18-7-9-21/h5-6,10,14,21H,3-4,7-9,11H2,1-2H3,(H,18,22)(H,19,23)/t14-/m1/s1. The van der Waals surface area contributed by atoms with Gasteiger partial charge >= 0.3 is 11.8 Å². The Bertz CT molecular complexity index is 779. The Hall–Kier alpha value is -1.97. The maximum atomic E-state index is 13.0. The van der Waals surface area contributed by atoms with Crippen LogP contribution in [0.15, 0.2) is 23.1 Å². The van der Waals surface area contributed by atoms with E-state index in [4.69, 9.17) is 5.11 Å². The van der Waals surface area contributed by atoms with Gasteiger partial charge in [0.15, 0.2) is 0 Å². The lowest BCUT2D eigenvalue weighted by molar-refractivity contribution is -0.139. The van der Waals surface area contributed by atoms with Gasteiger partial charge in [0.25, 0.3) is 0 Å². The van der Waals surface area contributed by atoms with Crippen LogP contribution in [0.25, 0.3) is 0 Å². The van der Waals surface area contributed by atoms with E-state index in [0.29, 0.717) is 24.9 Å². The number of benzene rings is 1. The molecule has 26 heavy (non-hydrogen) atoms. The zero-order chi connectivity index (χ0) is 19.3. The van der Waals surface area contributed by atoms with E-state index in [-0.39, 0.29) is 24.6 Å². The van der Waals surface area contributed by atoms with E-state index in [0.717, 1.165) is 5.56 Å². The van der Waals surface area contributed by atoms with E-state index in [9.17, 15) is 18.0 Å². The first-order valence-electron chi connectivity index (χ1n) is 8.53. The molecule has 1 aromatic rings. The number of amides is 2. The van der Waals surface area contributed by atoms with E-state index in [2.05, 4.69) is 10.6 Å². The summed E-state index contributed by atoms with van der Waals surface area (Å²) >= 11 is 0. The molecule has 144 valence electrons. The van der Waals surface area contributed by atoms with Gasteiger partial charge in [0.1, 0.15) is 0 Å². The molecule has 1 aliphatic heterocycles. The molecule has 1 saturated heterocycles. The van der Waals surface area contributed by atoms with Gasteiger partial charge in [0, 0.05) is 25.7 Å². The van der Waals surface area contributed by atoms with E-state index in [1.165, 1.54) is 4.31 Å². The van der Waals surface area contributed by atoms with E-state index in [1.807, 2.05) is 13.0 Å². The van der Waals surface area contributed by atoms with E-state index >= 15 is 0 Å². The van der Waals surface area contributed by atoms with Crippen molar-refractivity contribution in [2.24, 2.45) is 0 Å². The van der Waals surface area contributed by atoms with Gasteiger partial charge in [-0.3, -0.25) is 9.59 Å². The van der Waals surface area contributed by atoms with Crippen LogP contribution >= 0.6 is 0 Å². The minimum atomic E-state index is -3.67. The molecule has 1 heterocycles. The van der Waals surface area contributed by atoms with Crippen molar-refractivity contribution in [3.63, 3.8) is 0 Å². The van der Waals surface area contributed by atoms with Crippen LogP contribution in [0.2, 0.25) is 0 Å². The van der Waals surface area contributed by atoms with Crippen molar-refractivity contribution in [3.8, 4) is 0 Å². The Kier molecular flexibility index (Phi) is 6.74. The number of aliphatic hydroxyl groups is 1. The molecule has 0 aliphatic carbocycles. The van der Waals surface area contributed by atoms with Crippen LogP contribution in [0.5, 0.6) is 0 Å². The Morgan fingerprint density at radius 1 is 1.23 bits per heavy atom. The normalized spacial score (nSPS) is 17.9. The Morgan fingerprint density at radius 2 is 1.92 bits per heavy atom. The summed E-state index contributed by atoms with van der Waals surface area (Å²) in [5, 5.41) is 13.4. The third kappa shape index (κ3) is 4.60. The zero-order valence-electron chi connectivity index (χ0n) is 15.0. The number of hydrogen-bond acceptors (Lipinski definition) is 5. The molecule has 2 rings (SSSR count). The predicted molar refractivity (Wildman–Crippen MR) is 95.9 cm³/mol. The number of rotatable bonds is 6. The first kappa shape index (κ1) is 20.3. The summed E-state index contributed by atoms with van der Waals surface area (Å²) in [4.78, 5) is 23.6. The molecular formula is C17H25N3O5S. The van der Waals surface area contributed by atoms with Crippen LogP contribution in [0.1, 0.15) is 24.0 Å². The number of sulfonamides is 1. The second-order valence-corrected chi connectivity index (χ2v) is 8.23. The molecule has 0 radical (unpaired) electrons. The van der Waals surface area contributed by atoms with Gasteiger partial charge in [0.2, 0.25) is 10.0 Å². The predicted octanol–water partition coefficient (Wildman–Crippen LogP) is -0.319. The first-order valence-corrected chi connectivity index (χ1v) is 9.97. The second-order valence-electron chi connectivity index (χ2n) is 6.37. The van der Waals surface area contributed by atoms with Crippen molar-refractivity contribution < 1.29 is 23.1 Å². The summed E-state index contributed by atoms with van der Waals surface area (Å²) in [6.07, 6.45) is 1.31. The van der Waals surface area contributed by atoms with E-state index in [1.54, 1.807) is 19.1 Å². The number of aryl methyl sites for hydroxylation is 2. The molecule has 0 spiro atoms.